The summed E-state index contributed by atoms with van der Waals surface area (Å²) >= 11 is 1.28. The number of thioether (sulfide) groups is 1. The molecule has 8 heteroatoms. The maximum absolute atomic E-state index is 11.8. The number of rotatable bonds is 5. The first kappa shape index (κ1) is 16.6. The van der Waals surface area contributed by atoms with E-state index in [4.69, 9.17) is 14.2 Å². The fourth-order valence-electron chi connectivity index (χ4n) is 2.43. The van der Waals surface area contributed by atoms with Gasteiger partial charge in [-0.3, -0.25) is 19.3 Å². The van der Waals surface area contributed by atoms with E-state index < -0.39 is 18.5 Å². The van der Waals surface area contributed by atoms with Gasteiger partial charge >= 0.3 is 5.97 Å². The molecule has 2 aliphatic heterocycles. The van der Waals surface area contributed by atoms with Crippen molar-refractivity contribution in [3.63, 3.8) is 0 Å². The molecule has 128 valence electrons. The number of nitrogens with zero attached hydrogens (tertiary/aromatic N) is 1. The van der Waals surface area contributed by atoms with Crippen LogP contribution in [-0.4, -0.2) is 54.8 Å². The quantitative estimate of drug-likeness (QED) is 0.583. The van der Waals surface area contributed by atoms with Crippen LogP contribution in [0.3, 0.4) is 0 Å². The van der Waals surface area contributed by atoms with Crippen molar-refractivity contribution in [2.24, 2.45) is 0 Å². The van der Waals surface area contributed by atoms with Crippen molar-refractivity contribution in [2.45, 2.75) is 17.7 Å². The lowest BCUT2D eigenvalue weighted by Crippen LogP contribution is -2.35. The molecule has 0 spiro atoms. The Morgan fingerprint density at radius 2 is 2.00 bits per heavy atom. The van der Waals surface area contributed by atoms with Crippen molar-refractivity contribution in [2.75, 3.05) is 32.1 Å². The van der Waals surface area contributed by atoms with Crippen LogP contribution >= 0.6 is 11.8 Å². The second-order valence-corrected chi connectivity index (χ2v) is 6.35. The number of ether oxygens (including phenoxy) is 3. The summed E-state index contributed by atoms with van der Waals surface area (Å²) in [6.07, 6.45) is 1.04. The number of hydrogen-bond acceptors (Lipinski definition) is 7. The molecular weight excluding hydrogens is 334 g/mol. The molecule has 1 aromatic rings. The van der Waals surface area contributed by atoms with Crippen LogP contribution in [0.1, 0.15) is 12.8 Å². The minimum absolute atomic E-state index is 0.0703. The number of amides is 2. The van der Waals surface area contributed by atoms with E-state index in [1.807, 2.05) is 6.07 Å². The van der Waals surface area contributed by atoms with Gasteiger partial charge in [0.1, 0.15) is 13.2 Å². The van der Waals surface area contributed by atoms with Gasteiger partial charge in [0.2, 0.25) is 5.91 Å². The molecule has 2 aliphatic rings. The van der Waals surface area contributed by atoms with Crippen molar-refractivity contribution in [1.29, 1.82) is 0 Å². The fourth-order valence-corrected chi connectivity index (χ4v) is 3.15. The van der Waals surface area contributed by atoms with Gasteiger partial charge in [-0.25, -0.2) is 0 Å². The van der Waals surface area contributed by atoms with Crippen LogP contribution in [0.15, 0.2) is 23.1 Å². The molecule has 0 aromatic heterocycles. The van der Waals surface area contributed by atoms with E-state index >= 15 is 0 Å². The van der Waals surface area contributed by atoms with E-state index in [9.17, 15) is 14.4 Å². The molecule has 3 rings (SSSR count). The highest BCUT2D eigenvalue weighted by Gasteiger charge is 2.26. The van der Waals surface area contributed by atoms with Crippen LogP contribution in [-0.2, 0) is 19.1 Å². The molecule has 2 heterocycles. The van der Waals surface area contributed by atoms with Gasteiger partial charge in [0.15, 0.2) is 18.1 Å². The molecule has 1 saturated heterocycles. The smallest absolute Gasteiger partial charge is 0.316 e. The SMILES string of the molecule is O=C(CSc1ccc2c(c1)OCCO2)OCC(=O)N1CCCC1=O. The van der Waals surface area contributed by atoms with Crippen molar-refractivity contribution in [3.05, 3.63) is 18.2 Å². The molecular formula is C16H17NO6S. The molecule has 1 aromatic carbocycles. The third-order valence-electron chi connectivity index (χ3n) is 3.60. The van der Waals surface area contributed by atoms with Gasteiger partial charge in [-0.2, -0.15) is 0 Å². The topological polar surface area (TPSA) is 82.1 Å². The number of fused-ring (bicyclic) bond motifs is 1. The van der Waals surface area contributed by atoms with Crippen LogP contribution in [0, 0.1) is 0 Å². The van der Waals surface area contributed by atoms with Gasteiger partial charge in [-0.1, -0.05) is 0 Å². The molecule has 0 saturated carbocycles. The van der Waals surface area contributed by atoms with Gasteiger partial charge in [0.05, 0.1) is 5.75 Å². The molecule has 0 bridgehead atoms. The van der Waals surface area contributed by atoms with Gasteiger partial charge < -0.3 is 14.2 Å². The minimum Gasteiger partial charge on any atom is -0.486 e. The van der Waals surface area contributed by atoms with Crippen LogP contribution in [0.4, 0.5) is 0 Å². The molecule has 1 fully saturated rings. The van der Waals surface area contributed by atoms with E-state index in [-0.39, 0.29) is 11.7 Å². The lowest BCUT2D eigenvalue weighted by Gasteiger charge is -2.18. The van der Waals surface area contributed by atoms with Gasteiger partial charge in [0, 0.05) is 17.9 Å². The predicted octanol–water partition coefficient (Wildman–Crippen LogP) is 1.24. The Bertz CT molecular complexity index is 662. The van der Waals surface area contributed by atoms with Crippen LogP contribution in [0.2, 0.25) is 0 Å². The van der Waals surface area contributed by atoms with Crippen molar-refractivity contribution in [3.8, 4) is 11.5 Å². The summed E-state index contributed by atoms with van der Waals surface area (Å²) in [5, 5.41) is 0. The van der Waals surface area contributed by atoms with Crippen molar-refractivity contribution >= 4 is 29.5 Å². The van der Waals surface area contributed by atoms with E-state index in [2.05, 4.69) is 0 Å². The summed E-state index contributed by atoms with van der Waals surface area (Å²) in [7, 11) is 0. The lowest BCUT2D eigenvalue weighted by molar-refractivity contribution is -0.153. The van der Waals surface area contributed by atoms with Crippen molar-refractivity contribution in [1.82, 2.24) is 4.90 Å². The molecule has 0 N–H and O–H groups in total. The number of likely N-dealkylation sites (tertiary alicyclic amines) is 1. The lowest BCUT2D eigenvalue weighted by atomic mass is 10.3. The zero-order chi connectivity index (χ0) is 16.9. The zero-order valence-corrected chi connectivity index (χ0v) is 13.8. The third-order valence-corrected chi connectivity index (χ3v) is 4.57. The normalized spacial score (nSPS) is 16.2. The predicted molar refractivity (Wildman–Crippen MR) is 85.1 cm³/mol. The largest absolute Gasteiger partial charge is 0.486 e. The van der Waals surface area contributed by atoms with Crippen LogP contribution in [0.25, 0.3) is 0 Å². The number of hydrogen-bond donors (Lipinski definition) is 0. The molecule has 2 amide bonds. The van der Waals surface area contributed by atoms with Gasteiger partial charge in [-0.05, 0) is 24.6 Å². The first-order valence-electron chi connectivity index (χ1n) is 7.65. The molecule has 7 nitrogen and oxygen atoms in total. The Morgan fingerprint density at radius 1 is 1.21 bits per heavy atom. The summed E-state index contributed by atoms with van der Waals surface area (Å²) in [6.45, 7) is 1.04. The standard InChI is InChI=1S/C16H17NO6S/c18-14-2-1-5-17(14)15(19)9-23-16(20)10-24-11-3-4-12-13(8-11)22-7-6-21-12/h3-4,8H,1-2,5-7,9-10H2. The highest BCUT2D eigenvalue weighted by molar-refractivity contribution is 8.00. The maximum Gasteiger partial charge on any atom is 0.316 e. The van der Waals surface area contributed by atoms with Crippen molar-refractivity contribution < 1.29 is 28.6 Å². The van der Waals surface area contributed by atoms with Crippen LogP contribution in [0.5, 0.6) is 11.5 Å². The Labute approximate surface area is 143 Å². The maximum atomic E-state index is 11.8. The zero-order valence-electron chi connectivity index (χ0n) is 13.0. The fraction of sp³-hybridized carbons (Fsp3) is 0.438. The van der Waals surface area contributed by atoms with E-state index in [1.54, 1.807) is 12.1 Å². The Morgan fingerprint density at radius 3 is 2.75 bits per heavy atom. The number of esters is 1. The second-order valence-electron chi connectivity index (χ2n) is 5.30. The molecule has 24 heavy (non-hydrogen) atoms. The minimum atomic E-state index is -0.505. The Balaban J connectivity index is 1.44. The first-order chi connectivity index (χ1) is 11.6. The van der Waals surface area contributed by atoms with E-state index in [1.165, 1.54) is 11.8 Å². The summed E-state index contributed by atoms with van der Waals surface area (Å²) in [6, 6.07) is 5.44. The van der Waals surface area contributed by atoms with E-state index in [0.29, 0.717) is 44.1 Å². The second kappa shape index (κ2) is 7.57. The van der Waals surface area contributed by atoms with Gasteiger partial charge in [0.25, 0.3) is 5.91 Å². The number of imide groups is 1. The summed E-state index contributed by atoms with van der Waals surface area (Å²) in [5.74, 6) is 0.240. The summed E-state index contributed by atoms with van der Waals surface area (Å²) < 4.78 is 15.9. The highest BCUT2D eigenvalue weighted by atomic mass is 32.2. The number of carbonyl (C=O) groups is 3. The monoisotopic (exact) mass is 351 g/mol. The Kier molecular flexibility index (Phi) is 5.24. The third kappa shape index (κ3) is 4.00. The summed E-state index contributed by atoms with van der Waals surface area (Å²) in [5.41, 5.74) is 0. The molecule has 0 unspecified atom stereocenters. The average Bonchev–Trinajstić information content (AvgIpc) is 3.03. The Hall–Kier alpha value is -2.22. The van der Waals surface area contributed by atoms with Crippen LogP contribution < -0.4 is 9.47 Å². The first-order valence-corrected chi connectivity index (χ1v) is 8.63. The molecule has 0 radical (unpaired) electrons. The van der Waals surface area contributed by atoms with E-state index in [0.717, 1.165) is 9.80 Å². The summed E-state index contributed by atoms with van der Waals surface area (Å²) in [4.78, 5) is 36.9. The molecule has 0 atom stereocenters. The highest BCUT2D eigenvalue weighted by Crippen LogP contribution is 2.34. The van der Waals surface area contributed by atoms with Gasteiger partial charge in [-0.15, -0.1) is 11.8 Å². The number of carbonyl (C=O) groups excluding carboxylic acids is 3. The average molecular weight is 351 g/mol. The molecule has 0 aliphatic carbocycles. The number of benzene rings is 1.